The van der Waals surface area contributed by atoms with Gasteiger partial charge >= 0.3 is 12.1 Å². The van der Waals surface area contributed by atoms with Crippen molar-refractivity contribution in [3.8, 4) is 0 Å². The van der Waals surface area contributed by atoms with Gasteiger partial charge in [-0.3, -0.25) is 0 Å². The summed E-state index contributed by atoms with van der Waals surface area (Å²) in [4.78, 5) is 0. The molecule has 1 saturated heterocycles. The third-order valence-electron chi connectivity index (χ3n) is 1.40. The minimum atomic E-state index is -5.54. The van der Waals surface area contributed by atoms with E-state index >= 15 is 0 Å². The van der Waals surface area contributed by atoms with Gasteiger partial charge in [0, 0.05) is 0 Å². The van der Waals surface area contributed by atoms with Crippen molar-refractivity contribution < 1.29 is 31.4 Å². The second kappa shape index (κ2) is 3.38. The summed E-state index contributed by atoms with van der Waals surface area (Å²) in [5.41, 5.74) is 0. The molecule has 0 N–H and O–H groups in total. The summed E-state index contributed by atoms with van der Waals surface area (Å²) in [5.74, 6) is -4.78. The van der Waals surface area contributed by atoms with Gasteiger partial charge in [-0.15, -0.1) is 0 Å². The highest BCUT2D eigenvalue weighted by molar-refractivity contribution is 4.76. The van der Waals surface area contributed by atoms with Crippen LogP contribution in [0.5, 0.6) is 0 Å². The van der Waals surface area contributed by atoms with Crippen LogP contribution >= 0.6 is 0 Å². The Hall–Kier alpha value is -0.430. The lowest BCUT2D eigenvalue weighted by Crippen LogP contribution is -2.41. The Kier molecular flexibility index (Phi) is 2.76. The minimum Gasteiger partial charge on any atom is -0.372 e. The summed E-state index contributed by atoms with van der Waals surface area (Å²) in [7, 11) is 0. The van der Waals surface area contributed by atoms with E-state index in [0.717, 1.165) is 0 Å². The summed E-state index contributed by atoms with van der Waals surface area (Å²) in [6.07, 6.45) is -5.86. The Morgan fingerprint density at radius 1 is 1.23 bits per heavy atom. The molecule has 0 radical (unpaired) electrons. The lowest BCUT2D eigenvalue weighted by Gasteiger charge is -2.18. The molecular formula is C6H7F5O2. The van der Waals surface area contributed by atoms with Gasteiger partial charge in [-0.1, -0.05) is 0 Å². The van der Waals surface area contributed by atoms with Crippen molar-refractivity contribution >= 4 is 0 Å². The first-order valence-electron chi connectivity index (χ1n) is 3.47. The first-order chi connectivity index (χ1) is 5.83. The zero-order chi connectivity index (χ0) is 10.1. The highest BCUT2D eigenvalue weighted by atomic mass is 19.4. The fourth-order valence-electron chi connectivity index (χ4n) is 0.565. The molecule has 1 aliphatic rings. The average Bonchev–Trinajstić information content (AvgIpc) is 2.68. The molecule has 13 heavy (non-hydrogen) atoms. The fourth-order valence-corrected chi connectivity index (χ4v) is 0.565. The van der Waals surface area contributed by atoms with Crippen LogP contribution in [0.3, 0.4) is 0 Å². The van der Waals surface area contributed by atoms with Gasteiger partial charge in [0.25, 0.3) is 0 Å². The molecule has 1 fully saturated rings. The van der Waals surface area contributed by atoms with E-state index in [1.165, 1.54) is 0 Å². The van der Waals surface area contributed by atoms with Crippen LogP contribution in [-0.4, -0.2) is 38.0 Å². The SMILES string of the molecule is FC(F)(F)C(F)(F)COC[C@@H]1CO1. The van der Waals surface area contributed by atoms with Crippen LogP contribution < -0.4 is 0 Å². The normalized spacial score (nSPS) is 23.3. The molecule has 2 nitrogen and oxygen atoms in total. The standard InChI is InChI=1S/C6H7F5O2/c7-5(8,6(9,10)11)3-12-1-4-2-13-4/h4H,1-3H2/t4-/m1/s1. The molecule has 0 aliphatic carbocycles. The summed E-state index contributed by atoms with van der Waals surface area (Å²) < 4.78 is 67.5. The number of hydrogen-bond acceptors (Lipinski definition) is 2. The number of alkyl halides is 5. The summed E-state index contributed by atoms with van der Waals surface area (Å²) in [6.45, 7) is -1.50. The summed E-state index contributed by atoms with van der Waals surface area (Å²) in [6, 6.07) is 0. The minimum absolute atomic E-state index is 0.217. The quantitative estimate of drug-likeness (QED) is 0.514. The third kappa shape index (κ3) is 3.07. The van der Waals surface area contributed by atoms with E-state index in [1.807, 2.05) is 0 Å². The van der Waals surface area contributed by atoms with Gasteiger partial charge in [0.15, 0.2) is 0 Å². The molecule has 0 saturated carbocycles. The number of ether oxygens (including phenoxy) is 2. The van der Waals surface area contributed by atoms with E-state index < -0.39 is 18.7 Å². The molecule has 78 valence electrons. The molecule has 0 aromatic carbocycles. The van der Waals surface area contributed by atoms with E-state index in [1.54, 1.807) is 0 Å². The Balaban J connectivity index is 2.23. The Bertz CT molecular complexity index is 174. The summed E-state index contributed by atoms with van der Waals surface area (Å²) >= 11 is 0. The predicted octanol–water partition coefficient (Wildman–Crippen LogP) is 1.60. The highest BCUT2D eigenvalue weighted by Crippen LogP contribution is 2.35. The van der Waals surface area contributed by atoms with Crippen molar-refractivity contribution in [1.29, 1.82) is 0 Å². The van der Waals surface area contributed by atoms with Gasteiger partial charge in [-0.2, -0.15) is 22.0 Å². The van der Waals surface area contributed by atoms with E-state index in [-0.39, 0.29) is 12.7 Å². The Morgan fingerprint density at radius 3 is 2.15 bits per heavy atom. The fraction of sp³-hybridized carbons (Fsp3) is 1.00. The molecule has 0 unspecified atom stereocenters. The van der Waals surface area contributed by atoms with Crippen molar-refractivity contribution in [2.45, 2.75) is 18.2 Å². The van der Waals surface area contributed by atoms with Crippen LogP contribution in [0.4, 0.5) is 22.0 Å². The maximum atomic E-state index is 12.1. The second-order valence-corrected chi connectivity index (χ2v) is 2.67. The van der Waals surface area contributed by atoms with Gasteiger partial charge in [0.1, 0.15) is 12.7 Å². The van der Waals surface area contributed by atoms with Gasteiger partial charge in [0.2, 0.25) is 0 Å². The zero-order valence-corrected chi connectivity index (χ0v) is 6.40. The van der Waals surface area contributed by atoms with E-state index in [9.17, 15) is 22.0 Å². The molecule has 0 spiro atoms. The first-order valence-corrected chi connectivity index (χ1v) is 3.47. The molecular weight excluding hydrogens is 199 g/mol. The average molecular weight is 206 g/mol. The van der Waals surface area contributed by atoms with Crippen molar-refractivity contribution in [2.75, 3.05) is 19.8 Å². The second-order valence-electron chi connectivity index (χ2n) is 2.67. The van der Waals surface area contributed by atoms with E-state index in [2.05, 4.69) is 9.47 Å². The van der Waals surface area contributed by atoms with Crippen molar-refractivity contribution in [1.82, 2.24) is 0 Å². The maximum Gasteiger partial charge on any atom is 0.455 e. The first kappa shape index (κ1) is 10.6. The number of halogens is 5. The topological polar surface area (TPSA) is 21.8 Å². The van der Waals surface area contributed by atoms with Crippen LogP contribution in [0.2, 0.25) is 0 Å². The van der Waals surface area contributed by atoms with Crippen molar-refractivity contribution in [3.05, 3.63) is 0 Å². The van der Waals surface area contributed by atoms with Gasteiger partial charge in [-0.25, -0.2) is 0 Å². The van der Waals surface area contributed by atoms with Crippen molar-refractivity contribution in [3.63, 3.8) is 0 Å². The Morgan fingerprint density at radius 2 is 1.77 bits per heavy atom. The lowest BCUT2D eigenvalue weighted by atomic mass is 10.3. The lowest BCUT2D eigenvalue weighted by molar-refractivity contribution is -0.296. The molecule has 1 rings (SSSR count). The smallest absolute Gasteiger partial charge is 0.372 e. The third-order valence-corrected chi connectivity index (χ3v) is 1.40. The molecule has 7 heteroatoms. The zero-order valence-electron chi connectivity index (χ0n) is 6.40. The molecule has 1 aliphatic heterocycles. The van der Waals surface area contributed by atoms with Crippen molar-refractivity contribution in [2.24, 2.45) is 0 Å². The molecule has 1 heterocycles. The van der Waals surface area contributed by atoms with Gasteiger partial charge in [-0.05, 0) is 0 Å². The highest BCUT2D eigenvalue weighted by Gasteiger charge is 2.57. The molecule has 0 amide bonds. The van der Waals surface area contributed by atoms with Gasteiger partial charge in [0.05, 0.1) is 13.2 Å². The van der Waals surface area contributed by atoms with Crippen LogP contribution in [-0.2, 0) is 9.47 Å². The monoisotopic (exact) mass is 206 g/mol. The Labute approximate surface area is 70.6 Å². The maximum absolute atomic E-state index is 12.1. The van der Waals surface area contributed by atoms with Crippen LogP contribution in [0.15, 0.2) is 0 Å². The largest absolute Gasteiger partial charge is 0.455 e. The molecule has 0 bridgehead atoms. The summed E-state index contributed by atoms with van der Waals surface area (Å²) in [5, 5.41) is 0. The van der Waals surface area contributed by atoms with Crippen LogP contribution in [0, 0.1) is 0 Å². The van der Waals surface area contributed by atoms with E-state index in [0.29, 0.717) is 6.61 Å². The van der Waals surface area contributed by atoms with Gasteiger partial charge < -0.3 is 9.47 Å². The molecule has 1 atom stereocenters. The van der Waals surface area contributed by atoms with Crippen LogP contribution in [0.1, 0.15) is 0 Å². The van der Waals surface area contributed by atoms with E-state index in [4.69, 9.17) is 0 Å². The molecule has 0 aromatic heterocycles. The van der Waals surface area contributed by atoms with Crippen LogP contribution in [0.25, 0.3) is 0 Å². The predicted molar refractivity (Wildman–Crippen MR) is 31.6 cm³/mol. The number of epoxide rings is 1. The molecule has 0 aromatic rings. The number of rotatable bonds is 4. The number of hydrogen-bond donors (Lipinski definition) is 0.